The van der Waals surface area contributed by atoms with Gasteiger partial charge in [0.15, 0.2) is 5.82 Å². The van der Waals surface area contributed by atoms with E-state index >= 15 is 0 Å². The van der Waals surface area contributed by atoms with Crippen molar-refractivity contribution in [2.75, 3.05) is 26.7 Å². The summed E-state index contributed by atoms with van der Waals surface area (Å²) in [6.07, 6.45) is 5.49. The van der Waals surface area contributed by atoms with E-state index in [2.05, 4.69) is 32.5 Å². The van der Waals surface area contributed by atoms with Crippen LogP contribution in [0.25, 0.3) is 5.69 Å². The lowest BCUT2D eigenvalue weighted by molar-refractivity contribution is 0.190. The maximum absolute atomic E-state index is 5.44. The van der Waals surface area contributed by atoms with Crippen molar-refractivity contribution < 1.29 is 4.52 Å². The van der Waals surface area contributed by atoms with Crippen LogP contribution in [-0.4, -0.2) is 51.5 Å². The maximum atomic E-state index is 5.44. The van der Waals surface area contributed by atoms with E-state index in [1.165, 1.54) is 0 Å². The van der Waals surface area contributed by atoms with Crippen LogP contribution in [0.4, 0.5) is 0 Å². The fourth-order valence-corrected chi connectivity index (χ4v) is 3.06. The normalized spacial score (nSPS) is 18.5. The minimum atomic E-state index is 0.187. The van der Waals surface area contributed by atoms with Gasteiger partial charge in [-0.2, -0.15) is 10.1 Å². The van der Waals surface area contributed by atoms with Gasteiger partial charge in [-0.15, -0.1) is 0 Å². The SMILES string of the molecule is CN1CCNCC1c1noc(CCc2cnn(-c3ccccc3)c2)n1. The predicted molar refractivity (Wildman–Crippen MR) is 93.5 cm³/mol. The quantitative estimate of drug-likeness (QED) is 0.762. The highest BCUT2D eigenvalue weighted by atomic mass is 16.5. The molecule has 7 heteroatoms. The first-order chi connectivity index (χ1) is 12.3. The Morgan fingerprint density at radius 1 is 1.24 bits per heavy atom. The van der Waals surface area contributed by atoms with E-state index in [4.69, 9.17) is 4.52 Å². The second-order valence-corrected chi connectivity index (χ2v) is 6.38. The first-order valence-electron chi connectivity index (χ1n) is 8.62. The smallest absolute Gasteiger partial charge is 0.227 e. The number of nitrogens with one attached hydrogen (secondary N) is 1. The third-order valence-corrected chi connectivity index (χ3v) is 4.58. The van der Waals surface area contributed by atoms with Crippen molar-refractivity contribution in [1.82, 2.24) is 30.1 Å². The molecule has 3 heterocycles. The molecular formula is C18H22N6O. The number of nitrogens with zero attached hydrogens (tertiary/aromatic N) is 5. The molecule has 1 N–H and O–H groups in total. The summed E-state index contributed by atoms with van der Waals surface area (Å²) in [6, 6.07) is 10.3. The second kappa shape index (κ2) is 7.16. The summed E-state index contributed by atoms with van der Waals surface area (Å²) in [5.74, 6) is 1.45. The molecule has 1 aliphatic rings. The van der Waals surface area contributed by atoms with Crippen LogP contribution in [0.3, 0.4) is 0 Å². The zero-order valence-corrected chi connectivity index (χ0v) is 14.3. The van der Waals surface area contributed by atoms with E-state index < -0.39 is 0 Å². The molecule has 1 saturated heterocycles. The van der Waals surface area contributed by atoms with Crippen LogP contribution in [0, 0.1) is 0 Å². The van der Waals surface area contributed by atoms with Crippen LogP contribution >= 0.6 is 0 Å². The molecular weight excluding hydrogens is 316 g/mol. The summed E-state index contributed by atoms with van der Waals surface area (Å²) in [7, 11) is 2.10. The van der Waals surface area contributed by atoms with Crippen molar-refractivity contribution in [3.63, 3.8) is 0 Å². The first kappa shape index (κ1) is 16.0. The Morgan fingerprint density at radius 2 is 2.12 bits per heavy atom. The molecule has 2 aromatic heterocycles. The Balaban J connectivity index is 1.38. The van der Waals surface area contributed by atoms with Crippen LogP contribution in [0.1, 0.15) is 23.3 Å². The molecule has 3 aromatic rings. The fourth-order valence-electron chi connectivity index (χ4n) is 3.06. The van der Waals surface area contributed by atoms with Crippen LogP contribution in [0.2, 0.25) is 0 Å². The van der Waals surface area contributed by atoms with Gasteiger partial charge in [0.1, 0.15) is 0 Å². The van der Waals surface area contributed by atoms with Gasteiger partial charge in [0.25, 0.3) is 0 Å². The number of para-hydroxylation sites is 1. The van der Waals surface area contributed by atoms with Crippen molar-refractivity contribution in [3.8, 4) is 5.69 Å². The monoisotopic (exact) mass is 338 g/mol. The Bertz CT molecular complexity index is 812. The fraction of sp³-hybridized carbons (Fsp3) is 0.389. The Hall–Kier alpha value is -2.51. The summed E-state index contributed by atoms with van der Waals surface area (Å²) < 4.78 is 7.32. The number of benzene rings is 1. The number of aromatic nitrogens is 4. The van der Waals surface area contributed by atoms with Gasteiger partial charge in [-0.1, -0.05) is 23.4 Å². The molecule has 4 rings (SSSR count). The van der Waals surface area contributed by atoms with Gasteiger partial charge < -0.3 is 9.84 Å². The van der Waals surface area contributed by atoms with Gasteiger partial charge in [-0.3, -0.25) is 4.90 Å². The number of aryl methyl sites for hydroxylation is 2. The van der Waals surface area contributed by atoms with E-state index in [0.29, 0.717) is 5.89 Å². The zero-order valence-electron chi connectivity index (χ0n) is 14.3. The van der Waals surface area contributed by atoms with Crippen LogP contribution in [0.5, 0.6) is 0 Å². The summed E-state index contributed by atoms with van der Waals surface area (Å²) >= 11 is 0. The number of likely N-dealkylation sites (N-methyl/N-ethyl adjacent to an activating group) is 1. The molecule has 1 atom stereocenters. The Morgan fingerprint density at radius 3 is 2.96 bits per heavy atom. The van der Waals surface area contributed by atoms with E-state index in [0.717, 1.165) is 49.6 Å². The Kier molecular flexibility index (Phi) is 4.58. The van der Waals surface area contributed by atoms with Crippen molar-refractivity contribution in [2.24, 2.45) is 0 Å². The third-order valence-electron chi connectivity index (χ3n) is 4.58. The summed E-state index contributed by atoms with van der Waals surface area (Å²) in [6.45, 7) is 2.86. The van der Waals surface area contributed by atoms with Gasteiger partial charge >= 0.3 is 0 Å². The number of hydrogen-bond acceptors (Lipinski definition) is 6. The average Bonchev–Trinajstić information content (AvgIpc) is 3.31. The van der Waals surface area contributed by atoms with Gasteiger partial charge in [0.2, 0.25) is 5.89 Å². The standard InChI is InChI=1S/C18H22N6O/c1-23-10-9-19-12-16(23)18-21-17(25-22-18)8-7-14-11-20-24(13-14)15-5-3-2-4-6-15/h2-6,11,13,16,19H,7-10,12H2,1H3. The largest absolute Gasteiger partial charge is 0.339 e. The van der Waals surface area contributed by atoms with Gasteiger partial charge in [0.05, 0.1) is 17.9 Å². The summed E-state index contributed by atoms with van der Waals surface area (Å²) in [5, 5.41) is 12.0. The molecule has 1 fully saturated rings. The molecule has 7 nitrogen and oxygen atoms in total. The lowest BCUT2D eigenvalue weighted by Crippen LogP contribution is -2.44. The van der Waals surface area contributed by atoms with Crippen molar-refractivity contribution in [2.45, 2.75) is 18.9 Å². The van der Waals surface area contributed by atoms with E-state index in [1.807, 2.05) is 47.4 Å². The lowest BCUT2D eigenvalue weighted by Gasteiger charge is -2.30. The molecule has 1 aromatic carbocycles. The van der Waals surface area contributed by atoms with Gasteiger partial charge in [-0.25, -0.2) is 4.68 Å². The predicted octanol–water partition coefficient (Wildman–Crippen LogP) is 1.62. The molecule has 0 radical (unpaired) electrons. The molecule has 1 aliphatic heterocycles. The van der Waals surface area contributed by atoms with Crippen molar-refractivity contribution >= 4 is 0 Å². The van der Waals surface area contributed by atoms with Crippen LogP contribution < -0.4 is 5.32 Å². The van der Waals surface area contributed by atoms with Crippen LogP contribution in [0.15, 0.2) is 47.2 Å². The molecule has 0 amide bonds. The second-order valence-electron chi connectivity index (χ2n) is 6.38. The lowest BCUT2D eigenvalue weighted by atomic mass is 10.2. The third kappa shape index (κ3) is 3.62. The number of hydrogen-bond donors (Lipinski definition) is 1. The topological polar surface area (TPSA) is 72.0 Å². The minimum absolute atomic E-state index is 0.187. The molecule has 25 heavy (non-hydrogen) atoms. The number of piperazine rings is 1. The van der Waals surface area contributed by atoms with Crippen molar-refractivity contribution in [1.29, 1.82) is 0 Å². The van der Waals surface area contributed by atoms with E-state index in [9.17, 15) is 0 Å². The molecule has 0 spiro atoms. The van der Waals surface area contributed by atoms with Gasteiger partial charge in [-0.05, 0) is 31.2 Å². The molecule has 1 unspecified atom stereocenters. The maximum Gasteiger partial charge on any atom is 0.227 e. The molecule has 0 saturated carbocycles. The number of rotatable bonds is 5. The summed E-state index contributed by atoms with van der Waals surface area (Å²) in [5.41, 5.74) is 2.21. The zero-order chi connectivity index (χ0) is 17.1. The van der Waals surface area contributed by atoms with Crippen molar-refractivity contribution in [3.05, 3.63) is 60.0 Å². The Labute approximate surface area is 146 Å². The summed E-state index contributed by atoms with van der Waals surface area (Å²) in [4.78, 5) is 6.84. The van der Waals surface area contributed by atoms with Gasteiger partial charge in [0, 0.05) is 32.3 Å². The highest BCUT2D eigenvalue weighted by Crippen LogP contribution is 2.18. The molecule has 130 valence electrons. The average molecular weight is 338 g/mol. The van der Waals surface area contributed by atoms with E-state index in [-0.39, 0.29) is 6.04 Å². The molecule has 0 aliphatic carbocycles. The minimum Gasteiger partial charge on any atom is -0.339 e. The van der Waals surface area contributed by atoms with Crippen LogP contribution in [-0.2, 0) is 12.8 Å². The molecule has 0 bridgehead atoms. The highest BCUT2D eigenvalue weighted by molar-refractivity contribution is 5.30. The highest BCUT2D eigenvalue weighted by Gasteiger charge is 2.25. The van der Waals surface area contributed by atoms with E-state index in [1.54, 1.807) is 0 Å². The first-order valence-corrected chi connectivity index (χ1v) is 8.62.